The highest BCUT2D eigenvalue weighted by atomic mass is 16.2. The minimum atomic E-state index is 0.263. The van der Waals surface area contributed by atoms with Gasteiger partial charge in [-0.25, -0.2) is 0 Å². The third kappa shape index (κ3) is 4.94. The van der Waals surface area contributed by atoms with Crippen molar-refractivity contribution in [2.24, 2.45) is 0 Å². The molecule has 106 valence electrons. The van der Waals surface area contributed by atoms with Crippen LogP contribution in [0.2, 0.25) is 0 Å². The Morgan fingerprint density at radius 1 is 1.28 bits per heavy atom. The second-order valence-electron chi connectivity index (χ2n) is 5.76. The van der Waals surface area contributed by atoms with Gasteiger partial charge in [-0.2, -0.15) is 0 Å². The summed E-state index contributed by atoms with van der Waals surface area (Å²) in [6.07, 6.45) is 4.64. The van der Waals surface area contributed by atoms with Gasteiger partial charge in [0.2, 0.25) is 5.91 Å². The number of hydrogen-bond acceptors (Lipinski definition) is 3. The summed E-state index contributed by atoms with van der Waals surface area (Å²) in [5, 5.41) is 3.26. The second-order valence-corrected chi connectivity index (χ2v) is 5.76. The van der Waals surface area contributed by atoms with E-state index in [2.05, 4.69) is 43.1 Å². The van der Waals surface area contributed by atoms with Gasteiger partial charge >= 0.3 is 0 Å². The number of carbonyl (C=O) groups excluding carboxylic acids is 1. The number of amides is 1. The van der Waals surface area contributed by atoms with Crippen molar-refractivity contribution in [3.63, 3.8) is 0 Å². The van der Waals surface area contributed by atoms with Gasteiger partial charge < -0.3 is 15.1 Å². The SMILES string of the molecule is CC1CCCC(C)N1C(=O)CNCCCN(C)C. The normalized spacial score (nSPS) is 24.6. The van der Waals surface area contributed by atoms with Gasteiger partial charge in [0.25, 0.3) is 0 Å². The minimum absolute atomic E-state index is 0.263. The summed E-state index contributed by atoms with van der Waals surface area (Å²) < 4.78 is 0. The van der Waals surface area contributed by atoms with Crippen LogP contribution in [0.25, 0.3) is 0 Å². The molecule has 1 aliphatic heterocycles. The van der Waals surface area contributed by atoms with E-state index in [1.54, 1.807) is 0 Å². The Labute approximate surface area is 112 Å². The lowest BCUT2D eigenvalue weighted by atomic mass is 9.97. The fourth-order valence-corrected chi connectivity index (χ4v) is 2.72. The largest absolute Gasteiger partial charge is 0.336 e. The number of nitrogens with one attached hydrogen (secondary N) is 1. The molecule has 4 nitrogen and oxygen atoms in total. The molecule has 0 radical (unpaired) electrons. The topological polar surface area (TPSA) is 35.6 Å². The maximum Gasteiger partial charge on any atom is 0.237 e. The fourth-order valence-electron chi connectivity index (χ4n) is 2.72. The van der Waals surface area contributed by atoms with E-state index in [0.717, 1.165) is 32.4 Å². The Balaban J connectivity index is 2.22. The Kier molecular flexibility index (Phi) is 6.65. The highest BCUT2D eigenvalue weighted by molar-refractivity contribution is 5.79. The van der Waals surface area contributed by atoms with Crippen molar-refractivity contribution >= 4 is 5.91 Å². The Hall–Kier alpha value is -0.610. The predicted molar refractivity (Wildman–Crippen MR) is 75.7 cm³/mol. The zero-order valence-electron chi connectivity index (χ0n) is 12.4. The summed E-state index contributed by atoms with van der Waals surface area (Å²) in [6.45, 7) is 6.81. The van der Waals surface area contributed by atoms with Gasteiger partial charge in [-0.15, -0.1) is 0 Å². The van der Waals surface area contributed by atoms with E-state index >= 15 is 0 Å². The standard InChI is InChI=1S/C14H29N3O/c1-12-7-5-8-13(2)17(12)14(18)11-15-9-6-10-16(3)4/h12-13,15H,5-11H2,1-4H3. The highest BCUT2D eigenvalue weighted by Gasteiger charge is 2.28. The Bertz CT molecular complexity index is 245. The zero-order chi connectivity index (χ0) is 13.5. The van der Waals surface area contributed by atoms with Crippen molar-refractivity contribution < 1.29 is 4.79 Å². The summed E-state index contributed by atoms with van der Waals surface area (Å²) in [4.78, 5) is 16.4. The molecule has 0 saturated carbocycles. The predicted octanol–water partition coefficient (Wildman–Crippen LogP) is 1.32. The molecule has 1 fully saturated rings. The number of piperidine rings is 1. The number of hydrogen-bond donors (Lipinski definition) is 1. The molecule has 1 amide bonds. The van der Waals surface area contributed by atoms with Crippen LogP contribution in [0.4, 0.5) is 0 Å². The Morgan fingerprint density at radius 2 is 1.89 bits per heavy atom. The summed E-state index contributed by atoms with van der Waals surface area (Å²) in [6, 6.07) is 0.814. The van der Waals surface area contributed by atoms with E-state index in [-0.39, 0.29) is 5.91 Å². The van der Waals surface area contributed by atoms with Crippen molar-refractivity contribution in [3.8, 4) is 0 Å². The molecule has 0 bridgehead atoms. The number of likely N-dealkylation sites (tertiary alicyclic amines) is 1. The van der Waals surface area contributed by atoms with Gasteiger partial charge in [-0.1, -0.05) is 0 Å². The first kappa shape index (κ1) is 15.4. The number of nitrogens with zero attached hydrogens (tertiary/aromatic N) is 2. The fraction of sp³-hybridized carbons (Fsp3) is 0.929. The molecule has 0 aromatic heterocycles. The maximum absolute atomic E-state index is 12.2. The van der Waals surface area contributed by atoms with Crippen LogP contribution >= 0.6 is 0 Å². The smallest absolute Gasteiger partial charge is 0.237 e. The monoisotopic (exact) mass is 255 g/mol. The quantitative estimate of drug-likeness (QED) is 0.727. The first-order chi connectivity index (χ1) is 8.52. The average Bonchev–Trinajstić information content (AvgIpc) is 2.27. The molecule has 0 aromatic carbocycles. The molecular formula is C14H29N3O. The van der Waals surface area contributed by atoms with Crippen LogP contribution in [-0.2, 0) is 4.79 Å². The molecule has 1 rings (SSSR count). The second kappa shape index (κ2) is 7.74. The van der Waals surface area contributed by atoms with E-state index < -0.39 is 0 Å². The van der Waals surface area contributed by atoms with E-state index in [4.69, 9.17) is 0 Å². The molecule has 1 heterocycles. The van der Waals surface area contributed by atoms with Crippen molar-refractivity contribution in [1.29, 1.82) is 0 Å². The van der Waals surface area contributed by atoms with Crippen LogP contribution in [0.1, 0.15) is 39.5 Å². The van der Waals surface area contributed by atoms with Gasteiger partial charge in [0.15, 0.2) is 0 Å². The zero-order valence-corrected chi connectivity index (χ0v) is 12.4. The number of carbonyl (C=O) groups is 1. The molecule has 2 unspecified atom stereocenters. The molecule has 4 heteroatoms. The van der Waals surface area contributed by atoms with Crippen LogP contribution in [-0.4, -0.2) is 61.5 Å². The van der Waals surface area contributed by atoms with Crippen molar-refractivity contribution in [3.05, 3.63) is 0 Å². The van der Waals surface area contributed by atoms with E-state index in [1.807, 2.05) is 0 Å². The summed E-state index contributed by atoms with van der Waals surface area (Å²) in [5.74, 6) is 0.263. The molecule has 2 atom stereocenters. The molecule has 1 saturated heterocycles. The highest BCUT2D eigenvalue weighted by Crippen LogP contribution is 2.22. The van der Waals surface area contributed by atoms with Crippen molar-refractivity contribution in [1.82, 2.24) is 15.1 Å². The molecular weight excluding hydrogens is 226 g/mol. The summed E-state index contributed by atoms with van der Waals surface area (Å²) >= 11 is 0. The molecule has 0 aliphatic carbocycles. The molecule has 1 N–H and O–H groups in total. The van der Waals surface area contributed by atoms with E-state index in [1.165, 1.54) is 6.42 Å². The van der Waals surface area contributed by atoms with Crippen LogP contribution in [0.5, 0.6) is 0 Å². The lowest BCUT2D eigenvalue weighted by molar-refractivity contribution is -0.136. The third-order valence-corrected chi connectivity index (χ3v) is 3.72. The molecule has 18 heavy (non-hydrogen) atoms. The first-order valence-corrected chi connectivity index (χ1v) is 7.19. The van der Waals surface area contributed by atoms with Gasteiger partial charge in [0, 0.05) is 12.1 Å². The van der Waals surface area contributed by atoms with Crippen molar-refractivity contribution in [2.75, 3.05) is 33.7 Å². The van der Waals surface area contributed by atoms with Gasteiger partial charge in [-0.05, 0) is 66.7 Å². The maximum atomic E-state index is 12.2. The summed E-state index contributed by atoms with van der Waals surface area (Å²) in [5.41, 5.74) is 0. The van der Waals surface area contributed by atoms with Crippen molar-refractivity contribution in [2.45, 2.75) is 51.6 Å². The summed E-state index contributed by atoms with van der Waals surface area (Å²) in [7, 11) is 4.14. The van der Waals surface area contributed by atoms with Gasteiger partial charge in [0.1, 0.15) is 0 Å². The van der Waals surface area contributed by atoms with E-state index in [0.29, 0.717) is 18.6 Å². The van der Waals surface area contributed by atoms with Crippen LogP contribution in [0.15, 0.2) is 0 Å². The Morgan fingerprint density at radius 3 is 2.44 bits per heavy atom. The lowest BCUT2D eigenvalue weighted by Gasteiger charge is -2.39. The van der Waals surface area contributed by atoms with Crippen LogP contribution in [0.3, 0.4) is 0 Å². The molecule has 0 spiro atoms. The van der Waals surface area contributed by atoms with Crippen LogP contribution in [0, 0.1) is 0 Å². The molecule has 0 aromatic rings. The lowest BCUT2D eigenvalue weighted by Crippen LogP contribution is -2.50. The minimum Gasteiger partial charge on any atom is -0.336 e. The van der Waals surface area contributed by atoms with Crippen LogP contribution < -0.4 is 5.32 Å². The number of rotatable bonds is 6. The van der Waals surface area contributed by atoms with Gasteiger partial charge in [-0.3, -0.25) is 4.79 Å². The average molecular weight is 255 g/mol. The third-order valence-electron chi connectivity index (χ3n) is 3.72. The molecule has 1 aliphatic rings. The first-order valence-electron chi connectivity index (χ1n) is 7.19. The van der Waals surface area contributed by atoms with E-state index in [9.17, 15) is 4.79 Å². The van der Waals surface area contributed by atoms with Gasteiger partial charge in [0.05, 0.1) is 6.54 Å².